The third-order valence-electron chi connectivity index (χ3n) is 5.35. The molecule has 1 aliphatic carbocycles. The molecule has 5 nitrogen and oxygen atoms in total. The topological polar surface area (TPSA) is 77.8 Å². The van der Waals surface area contributed by atoms with Crippen molar-refractivity contribution >= 4 is 27.7 Å². The van der Waals surface area contributed by atoms with Crippen LogP contribution in [0.15, 0.2) is 47.2 Å². The van der Waals surface area contributed by atoms with Crippen molar-refractivity contribution in [2.75, 3.05) is 5.73 Å². The average Bonchev–Trinajstić information content (AvgIpc) is 3.07. The van der Waals surface area contributed by atoms with Crippen molar-refractivity contribution in [2.45, 2.75) is 31.1 Å². The molecule has 1 aromatic carbocycles. The largest absolute Gasteiger partial charge is 0.397 e. The zero-order valence-electron chi connectivity index (χ0n) is 14.3. The van der Waals surface area contributed by atoms with E-state index in [1.165, 1.54) is 18.3 Å². The van der Waals surface area contributed by atoms with E-state index < -0.39 is 11.6 Å². The number of hydrogen-bond donors (Lipinski definition) is 1. The van der Waals surface area contributed by atoms with Gasteiger partial charge in [-0.3, -0.25) is 4.98 Å². The van der Waals surface area contributed by atoms with Gasteiger partial charge in [-0.05, 0) is 42.5 Å². The summed E-state index contributed by atoms with van der Waals surface area (Å²) in [5, 5.41) is 4.59. The first-order valence-electron chi connectivity index (χ1n) is 8.83. The number of halogens is 2. The van der Waals surface area contributed by atoms with E-state index in [9.17, 15) is 0 Å². The maximum Gasteiger partial charge on any atom is 0.319 e. The van der Waals surface area contributed by atoms with Crippen molar-refractivity contribution in [3.8, 4) is 0 Å². The van der Waals surface area contributed by atoms with Crippen molar-refractivity contribution in [1.29, 1.82) is 0 Å². The van der Waals surface area contributed by atoms with Crippen molar-refractivity contribution in [3.05, 3.63) is 59.5 Å². The van der Waals surface area contributed by atoms with Crippen LogP contribution in [0.1, 0.15) is 42.0 Å². The van der Waals surface area contributed by atoms with Gasteiger partial charge in [0.15, 0.2) is 5.69 Å². The number of nitrogen functional groups attached to an aromatic ring is 1. The van der Waals surface area contributed by atoms with E-state index in [2.05, 4.69) is 15.1 Å². The number of fused-ring (bicyclic) bond motifs is 2. The molecule has 0 saturated heterocycles. The van der Waals surface area contributed by atoms with E-state index in [1.807, 2.05) is 0 Å². The molecule has 3 heterocycles. The molecule has 2 N–H and O–H groups in total. The summed E-state index contributed by atoms with van der Waals surface area (Å²) in [7, 11) is 0. The van der Waals surface area contributed by atoms with Gasteiger partial charge >= 0.3 is 5.92 Å². The highest BCUT2D eigenvalue weighted by Gasteiger charge is 2.42. The minimum absolute atomic E-state index is 0.100. The van der Waals surface area contributed by atoms with E-state index in [-0.39, 0.29) is 22.6 Å². The number of hydrogen-bond acceptors (Lipinski definition) is 5. The van der Waals surface area contributed by atoms with Crippen LogP contribution in [0.2, 0.25) is 0 Å². The summed E-state index contributed by atoms with van der Waals surface area (Å²) in [5.41, 5.74) is 7.35. The third kappa shape index (κ3) is 2.38. The number of nitrogens with two attached hydrogens (primary N) is 1. The lowest BCUT2D eigenvalue weighted by Crippen LogP contribution is -2.18. The molecule has 0 radical (unpaired) electrons. The number of nitrogens with zero attached hydrogens (tertiary/aromatic N) is 3. The Kier molecular flexibility index (Phi) is 3.40. The smallest absolute Gasteiger partial charge is 0.319 e. The Bertz CT molecular complexity index is 1170. The second kappa shape index (κ2) is 5.70. The summed E-state index contributed by atoms with van der Waals surface area (Å²) in [6.07, 6.45) is 5.99. The van der Waals surface area contributed by atoms with Gasteiger partial charge in [0, 0.05) is 17.1 Å². The quantitative estimate of drug-likeness (QED) is 0.565. The Morgan fingerprint density at radius 1 is 1.15 bits per heavy atom. The third-order valence-corrected chi connectivity index (χ3v) is 5.35. The van der Waals surface area contributed by atoms with Gasteiger partial charge in [-0.1, -0.05) is 23.7 Å². The summed E-state index contributed by atoms with van der Waals surface area (Å²) in [6.45, 7) is 0. The van der Waals surface area contributed by atoms with Gasteiger partial charge in [-0.15, -0.1) is 0 Å². The van der Waals surface area contributed by atoms with Crippen LogP contribution in [0.25, 0.3) is 22.0 Å². The fraction of sp³-hybridized carbons (Fsp3) is 0.250. The molecule has 7 heteroatoms. The van der Waals surface area contributed by atoms with Crippen molar-refractivity contribution in [2.24, 2.45) is 0 Å². The lowest BCUT2D eigenvalue weighted by Gasteiger charge is -2.27. The highest BCUT2D eigenvalue weighted by molar-refractivity contribution is 5.87. The minimum atomic E-state index is -3.34. The van der Waals surface area contributed by atoms with Gasteiger partial charge in [0.2, 0.25) is 0 Å². The monoisotopic (exact) mass is 366 g/mol. The minimum Gasteiger partial charge on any atom is -0.397 e. The van der Waals surface area contributed by atoms with Crippen LogP contribution in [0, 0.1) is 0 Å². The van der Waals surface area contributed by atoms with Gasteiger partial charge < -0.3 is 10.3 Å². The molecular formula is C20H16F2N4O. The molecule has 136 valence electrons. The normalized spacial score (nSPS) is 15.3. The van der Waals surface area contributed by atoms with E-state index >= 15 is 8.78 Å². The maximum atomic E-state index is 15.5. The molecule has 1 saturated carbocycles. The fourth-order valence-electron chi connectivity index (χ4n) is 3.71. The summed E-state index contributed by atoms with van der Waals surface area (Å²) < 4.78 is 36.1. The lowest BCUT2D eigenvalue weighted by atomic mass is 9.78. The summed E-state index contributed by atoms with van der Waals surface area (Å²) in [5.74, 6) is -3.20. The molecule has 5 rings (SSSR count). The van der Waals surface area contributed by atoms with Crippen molar-refractivity contribution < 1.29 is 13.3 Å². The highest BCUT2D eigenvalue weighted by Crippen LogP contribution is 2.47. The Morgan fingerprint density at radius 2 is 2.00 bits per heavy atom. The Hall–Kier alpha value is -3.09. The molecule has 27 heavy (non-hydrogen) atoms. The second-order valence-corrected chi connectivity index (χ2v) is 6.95. The summed E-state index contributed by atoms with van der Waals surface area (Å²) in [4.78, 5) is 8.24. The fourth-order valence-corrected chi connectivity index (χ4v) is 3.71. The first kappa shape index (κ1) is 16.1. The highest BCUT2D eigenvalue weighted by atomic mass is 19.3. The Labute approximate surface area is 153 Å². The average molecular weight is 366 g/mol. The van der Waals surface area contributed by atoms with E-state index in [0.717, 1.165) is 19.3 Å². The number of pyridine rings is 2. The van der Waals surface area contributed by atoms with E-state index in [0.29, 0.717) is 22.2 Å². The molecule has 0 bridgehead atoms. The van der Waals surface area contributed by atoms with E-state index in [1.54, 1.807) is 24.4 Å². The van der Waals surface area contributed by atoms with Gasteiger partial charge in [-0.25, -0.2) is 4.98 Å². The molecule has 0 unspecified atom stereocenters. The standard InChI is InChI=1S/C20H16F2N4O/c21-20(22,13-6-7-15-12(9-13)5-2-8-24-15)18-17-16(11-3-1-4-11)14(23)10-25-19(17)27-26-18/h2,5-11H,1,3-4,23H2. The van der Waals surface area contributed by atoms with Crippen LogP contribution in [0.4, 0.5) is 14.5 Å². The van der Waals surface area contributed by atoms with Gasteiger partial charge in [-0.2, -0.15) is 8.78 Å². The first-order valence-corrected chi connectivity index (χ1v) is 8.83. The number of benzene rings is 1. The Balaban J connectivity index is 1.72. The molecule has 0 amide bonds. The molecular weight excluding hydrogens is 350 g/mol. The number of rotatable bonds is 3. The number of aromatic nitrogens is 3. The molecule has 0 spiro atoms. The van der Waals surface area contributed by atoms with Gasteiger partial charge in [0.25, 0.3) is 5.71 Å². The molecule has 0 atom stereocenters. The lowest BCUT2D eigenvalue weighted by molar-refractivity contribution is 0.0362. The van der Waals surface area contributed by atoms with Crippen molar-refractivity contribution in [3.63, 3.8) is 0 Å². The van der Waals surface area contributed by atoms with E-state index in [4.69, 9.17) is 10.3 Å². The van der Waals surface area contributed by atoms with Crippen molar-refractivity contribution in [1.82, 2.24) is 15.1 Å². The number of alkyl halides is 2. The zero-order valence-corrected chi connectivity index (χ0v) is 14.3. The van der Waals surface area contributed by atoms with Gasteiger partial charge in [0.05, 0.1) is 22.8 Å². The predicted octanol–water partition coefficient (Wildman–Crippen LogP) is 4.76. The van der Waals surface area contributed by atoms with Crippen LogP contribution >= 0.6 is 0 Å². The second-order valence-electron chi connectivity index (χ2n) is 6.95. The SMILES string of the molecule is Nc1cnc2onc(C(F)(F)c3ccc4ncccc4c3)c2c1C1CCC1. The predicted molar refractivity (Wildman–Crippen MR) is 97.5 cm³/mol. The van der Waals surface area contributed by atoms with Crippen LogP contribution < -0.4 is 5.73 Å². The maximum absolute atomic E-state index is 15.5. The van der Waals surface area contributed by atoms with Crippen LogP contribution in [0.5, 0.6) is 0 Å². The molecule has 1 aliphatic rings. The molecule has 0 aliphatic heterocycles. The summed E-state index contributed by atoms with van der Waals surface area (Å²) >= 11 is 0. The van der Waals surface area contributed by atoms with Crippen LogP contribution in [-0.4, -0.2) is 15.1 Å². The summed E-state index contributed by atoms with van der Waals surface area (Å²) in [6, 6.07) is 7.86. The van der Waals surface area contributed by atoms with Crippen LogP contribution in [-0.2, 0) is 5.92 Å². The zero-order chi connectivity index (χ0) is 18.6. The molecule has 1 fully saturated rings. The van der Waals surface area contributed by atoms with Crippen LogP contribution in [0.3, 0.4) is 0 Å². The van der Waals surface area contributed by atoms with Gasteiger partial charge in [0.1, 0.15) is 0 Å². The molecule has 3 aromatic heterocycles. The first-order chi connectivity index (χ1) is 13.1. The number of anilines is 1. The Morgan fingerprint density at radius 3 is 2.78 bits per heavy atom. The molecule has 4 aromatic rings.